The standard InChI is InChI=1S/C9H17NO3S/c10-6(9(12)13)4-5-14-8-3-1-2-7(8)11/h6-8,11H,1-5,10H2,(H,12,13). The lowest BCUT2D eigenvalue weighted by Gasteiger charge is -2.14. The molecular formula is C9H17NO3S. The maximum atomic E-state index is 10.4. The molecule has 0 spiro atoms. The Kier molecular flexibility index (Phi) is 4.71. The number of carboxylic acids is 1. The number of nitrogens with two attached hydrogens (primary N) is 1. The van der Waals surface area contributed by atoms with Gasteiger partial charge in [-0.05, 0) is 31.4 Å². The Morgan fingerprint density at radius 3 is 2.79 bits per heavy atom. The SMILES string of the molecule is NC(CCSC1CCCC1O)C(=O)O. The van der Waals surface area contributed by atoms with Crippen molar-refractivity contribution < 1.29 is 15.0 Å². The highest BCUT2D eigenvalue weighted by Gasteiger charge is 2.25. The molecule has 4 nitrogen and oxygen atoms in total. The Bertz CT molecular complexity index is 200. The Morgan fingerprint density at radius 1 is 1.57 bits per heavy atom. The van der Waals surface area contributed by atoms with Gasteiger partial charge in [0.15, 0.2) is 0 Å². The number of aliphatic hydroxyl groups is 1. The van der Waals surface area contributed by atoms with E-state index in [2.05, 4.69) is 0 Å². The fourth-order valence-electron chi connectivity index (χ4n) is 1.57. The van der Waals surface area contributed by atoms with Crippen LogP contribution < -0.4 is 5.73 Å². The van der Waals surface area contributed by atoms with Crippen LogP contribution in [0.25, 0.3) is 0 Å². The van der Waals surface area contributed by atoms with Crippen LogP contribution in [-0.2, 0) is 4.79 Å². The third-order valence-corrected chi connectivity index (χ3v) is 3.95. The van der Waals surface area contributed by atoms with Gasteiger partial charge in [0.05, 0.1) is 6.10 Å². The number of carboxylic acid groups (broad SMARTS) is 1. The van der Waals surface area contributed by atoms with Gasteiger partial charge in [0.1, 0.15) is 6.04 Å². The molecule has 0 aliphatic heterocycles. The quantitative estimate of drug-likeness (QED) is 0.624. The highest BCUT2D eigenvalue weighted by atomic mass is 32.2. The predicted molar refractivity (Wildman–Crippen MR) is 56.3 cm³/mol. The van der Waals surface area contributed by atoms with Gasteiger partial charge in [-0.3, -0.25) is 4.79 Å². The Labute approximate surface area is 87.9 Å². The lowest BCUT2D eigenvalue weighted by atomic mass is 10.2. The van der Waals surface area contributed by atoms with E-state index in [0.717, 1.165) is 25.0 Å². The van der Waals surface area contributed by atoms with Gasteiger partial charge >= 0.3 is 5.97 Å². The number of hydrogen-bond donors (Lipinski definition) is 3. The van der Waals surface area contributed by atoms with E-state index in [1.807, 2.05) is 0 Å². The van der Waals surface area contributed by atoms with E-state index in [1.54, 1.807) is 11.8 Å². The Morgan fingerprint density at radius 2 is 2.29 bits per heavy atom. The highest BCUT2D eigenvalue weighted by molar-refractivity contribution is 7.99. The monoisotopic (exact) mass is 219 g/mol. The van der Waals surface area contributed by atoms with Crippen molar-refractivity contribution in [2.75, 3.05) is 5.75 Å². The highest BCUT2D eigenvalue weighted by Crippen LogP contribution is 2.30. The lowest BCUT2D eigenvalue weighted by Crippen LogP contribution is -2.31. The zero-order valence-electron chi connectivity index (χ0n) is 8.06. The fraction of sp³-hybridized carbons (Fsp3) is 0.889. The zero-order valence-corrected chi connectivity index (χ0v) is 8.87. The van der Waals surface area contributed by atoms with Crippen LogP contribution in [0.1, 0.15) is 25.7 Å². The van der Waals surface area contributed by atoms with Crippen LogP contribution in [0.2, 0.25) is 0 Å². The molecule has 4 N–H and O–H groups in total. The van der Waals surface area contributed by atoms with Crippen molar-refractivity contribution in [2.45, 2.75) is 43.1 Å². The van der Waals surface area contributed by atoms with E-state index in [0.29, 0.717) is 6.42 Å². The average Bonchev–Trinajstić information content (AvgIpc) is 2.51. The molecule has 0 aromatic rings. The molecule has 14 heavy (non-hydrogen) atoms. The third-order valence-electron chi connectivity index (χ3n) is 2.50. The largest absolute Gasteiger partial charge is 0.480 e. The molecule has 0 heterocycles. The topological polar surface area (TPSA) is 83.5 Å². The molecule has 1 fully saturated rings. The molecule has 0 radical (unpaired) electrons. The first-order chi connectivity index (χ1) is 6.61. The maximum Gasteiger partial charge on any atom is 0.320 e. The number of hydrogen-bond acceptors (Lipinski definition) is 4. The van der Waals surface area contributed by atoms with Crippen LogP contribution >= 0.6 is 11.8 Å². The Balaban J connectivity index is 2.11. The van der Waals surface area contributed by atoms with Crippen LogP contribution in [0.5, 0.6) is 0 Å². The van der Waals surface area contributed by atoms with Gasteiger partial charge in [-0.15, -0.1) is 0 Å². The van der Waals surface area contributed by atoms with Crippen molar-refractivity contribution in [2.24, 2.45) is 5.73 Å². The number of carbonyl (C=O) groups is 1. The number of thioether (sulfide) groups is 1. The number of rotatable bonds is 5. The summed E-state index contributed by atoms with van der Waals surface area (Å²) in [4.78, 5) is 10.4. The van der Waals surface area contributed by atoms with Gasteiger partial charge in [0.2, 0.25) is 0 Å². The summed E-state index contributed by atoms with van der Waals surface area (Å²) in [5, 5.41) is 18.3. The minimum Gasteiger partial charge on any atom is -0.480 e. The summed E-state index contributed by atoms with van der Waals surface area (Å²) < 4.78 is 0. The van der Waals surface area contributed by atoms with Crippen molar-refractivity contribution in [3.05, 3.63) is 0 Å². The van der Waals surface area contributed by atoms with Crippen LogP contribution in [0.15, 0.2) is 0 Å². The van der Waals surface area contributed by atoms with Crippen molar-refractivity contribution in [3.63, 3.8) is 0 Å². The first kappa shape index (κ1) is 11.8. The summed E-state index contributed by atoms with van der Waals surface area (Å²) in [6.07, 6.45) is 3.25. The summed E-state index contributed by atoms with van der Waals surface area (Å²) in [5.41, 5.74) is 5.36. The molecule has 1 saturated carbocycles. The van der Waals surface area contributed by atoms with Crippen molar-refractivity contribution in [1.82, 2.24) is 0 Å². The molecule has 0 amide bonds. The summed E-state index contributed by atoms with van der Waals surface area (Å²) in [6.45, 7) is 0. The van der Waals surface area contributed by atoms with Gasteiger partial charge in [0.25, 0.3) is 0 Å². The maximum absolute atomic E-state index is 10.4. The summed E-state index contributed by atoms with van der Waals surface area (Å²) >= 11 is 1.64. The normalized spacial score (nSPS) is 29.0. The van der Waals surface area contributed by atoms with Crippen LogP contribution in [-0.4, -0.2) is 39.3 Å². The minimum atomic E-state index is -0.947. The minimum absolute atomic E-state index is 0.207. The van der Waals surface area contributed by atoms with Crippen LogP contribution in [0, 0.1) is 0 Å². The molecule has 1 rings (SSSR count). The predicted octanol–water partition coefficient (Wildman–Crippen LogP) is 0.435. The first-order valence-electron chi connectivity index (χ1n) is 4.89. The smallest absolute Gasteiger partial charge is 0.320 e. The molecule has 82 valence electrons. The molecule has 0 aromatic carbocycles. The van der Waals surface area contributed by atoms with Crippen molar-refractivity contribution in [3.8, 4) is 0 Å². The molecule has 0 bridgehead atoms. The fourth-order valence-corrected chi connectivity index (χ4v) is 2.96. The van der Waals surface area contributed by atoms with Gasteiger partial charge in [-0.2, -0.15) is 11.8 Å². The van der Waals surface area contributed by atoms with E-state index >= 15 is 0 Å². The molecule has 3 atom stereocenters. The average molecular weight is 219 g/mol. The molecule has 3 unspecified atom stereocenters. The van der Waals surface area contributed by atoms with Gasteiger partial charge < -0.3 is 15.9 Å². The molecule has 0 aromatic heterocycles. The third kappa shape index (κ3) is 3.48. The first-order valence-corrected chi connectivity index (χ1v) is 5.94. The molecular weight excluding hydrogens is 202 g/mol. The molecule has 5 heteroatoms. The second kappa shape index (κ2) is 5.58. The van der Waals surface area contributed by atoms with E-state index in [9.17, 15) is 9.90 Å². The molecule has 1 aliphatic carbocycles. The second-order valence-corrected chi connectivity index (χ2v) is 4.99. The number of aliphatic carboxylic acids is 1. The number of aliphatic hydroxyl groups excluding tert-OH is 1. The summed E-state index contributed by atoms with van der Waals surface area (Å²) in [6, 6.07) is -0.763. The zero-order chi connectivity index (χ0) is 10.6. The lowest BCUT2D eigenvalue weighted by molar-refractivity contribution is -0.138. The Hall–Kier alpha value is -0.260. The van der Waals surface area contributed by atoms with Crippen LogP contribution in [0.3, 0.4) is 0 Å². The van der Waals surface area contributed by atoms with E-state index in [1.165, 1.54) is 0 Å². The van der Waals surface area contributed by atoms with Gasteiger partial charge in [-0.1, -0.05) is 0 Å². The van der Waals surface area contributed by atoms with Gasteiger partial charge in [0, 0.05) is 5.25 Å². The molecule has 0 saturated heterocycles. The van der Waals surface area contributed by atoms with Gasteiger partial charge in [-0.25, -0.2) is 0 Å². The summed E-state index contributed by atoms with van der Waals surface area (Å²) in [7, 11) is 0. The van der Waals surface area contributed by atoms with Crippen molar-refractivity contribution in [1.29, 1.82) is 0 Å². The van der Waals surface area contributed by atoms with Crippen LogP contribution in [0.4, 0.5) is 0 Å². The van der Waals surface area contributed by atoms with Crippen molar-refractivity contribution >= 4 is 17.7 Å². The van der Waals surface area contributed by atoms with E-state index < -0.39 is 12.0 Å². The van der Waals surface area contributed by atoms with E-state index in [4.69, 9.17) is 10.8 Å². The molecule has 1 aliphatic rings. The summed E-state index contributed by atoms with van der Waals surface area (Å²) in [5.74, 6) is -0.229. The second-order valence-electron chi connectivity index (χ2n) is 3.64. The van der Waals surface area contributed by atoms with E-state index in [-0.39, 0.29) is 11.4 Å².